The maximum absolute atomic E-state index is 13.4. The lowest BCUT2D eigenvalue weighted by Crippen LogP contribution is -2.29. The fraction of sp³-hybridized carbons (Fsp3) is 0.152. The van der Waals surface area contributed by atoms with E-state index in [-0.39, 0.29) is 28.0 Å². The van der Waals surface area contributed by atoms with Gasteiger partial charge in [-0.15, -0.1) is 0 Å². The number of hydrogen-bond acceptors (Lipinski definition) is 5. The zero-order valence-electron chi connectivity index (χ0n) is 22.5. The van der Waals surface area contributed by atoms with Crippen LogP contribution in [0.1, 0.15) is 72.0 Å². The molecule has 0 atom stereocenters. The third kappa shape index (κ3) is 3.90. The molecular formula is C33H26N2O5. The van der Waals surface area contributed by atoms with E-state index in [0.29, 0.717) is 22.7 Å². The monoisotopic (exact) mass is 530 g/mol. The Kier molecular flexibility index (Phi) is 5.69. The number of rotatable bonds is 5. The number of fused-ring (bicyclic) bond motifs is 2. The highest BCUT2D eigenvalue weighted by atomic mass is 16.5. The molecule has 0 spiro atoms. The molecule has 4 aromatic carbocycles. The van der Waals surface area contributed by atoms with Crippen LogP contribution in [0.15, 0.2) is 84.9 Å². The van der Waals surface area contributed by atoms with E-state index in [1.54, 1.807) is 36.4 Å². The van der Waals surface area contributed by atoms with Crippen LogP contribution in [-0.4, -0.2) is 35.6 Å². The zero-order valence-corrected chi connectivity index (χ0v) is 22.5. The number of hydrogen-bond donors (Lipinski definition) is 0. The topological polar surface area (TPSA) is 84.0 Å². The Morgan fingerprint density at radius 2 is 1.02 bits per heavy atom. The minimum Gasteiger partial charge on any atom is -0.457 e. The molecule has 0 aromatic heterocycles. The molecule has 0 saturated heterocycles. The number of amides is 4. The molecule has 0 aliphatic carbocycles. The number of carbonyl (C=O) groups is 4. The Labute approximate surface area is 231 Å². The summed E-state index contributed by atoms with van der Waals surface area (Å²) in [5.74, 6) is -0.921. The molecule has 2 aliphatic heterocycles. The van der Waals surface area contributed by atoms with E-state index in [1.807, 2.05) is 12.1 Å². The molecule has 7 heteroatoms. The van der Waals surface area contributed by atoms with Crippen molar-refractivity contribution in [1.29, 1.82) is 0 Å². The van der Waals surface area contributed by atoms with Crippen molar-refractivity contribution in [3.8, 4) is 11.5 Å². The molecular weight excluding hydrogens is 504 g/mol. The number of carbonyl (C=O) groups excluding carboxylic acids is 4. The van der Waals surface area contributed by atoms with E-state index < -0.39 is 17.7 Å². The van der Waals surface area contributed by atoms with Gasteiger partial charge in [0.25, 0.3) is 23.6 Å². The quantitative estimate of drug-likeness (QED) is 0.290. The second kappa shape index (κ2) is 9.02. The highest BCUT2D eigenvalue weighted by molar-refractivity contribution is 6.34. The molecule has 6 rings (SSSR count). The Morgan fingerprint density at radius 1 is 0.575 bits per heavy atom. The van der Waals surface area contributed by atoms with Gasteiger partial charge in [0.2, 0.25) is 0 Å². The van der Waals surface area contributed by atoms with E-state index in [4.69, 9.17) is 4.74 Å². The molecule has 0 N–H and O–H groups in total. The standard InChI is InChI=1S/C33H26N2O5/c1-19-5-7-20(8-6-19)33(2,3)21-9-11-22(12-10-21)35-31(38)26-16-14-24(18-28(26)32(35)39)40-23-13-15-25-27(17-23)30(37)34(4)29(25)36/h5-18H,1-4H3. The molecule has 0 saturated carbocycles. The molecule has 0 bridgehead atoms. The maximum Gasteiger partial charge on any atom is 0.266 e. The molecule has 0 radical (unpaired) electrons. The fourth-order valence-electron chi connectivity index (χ4n) is 5.22. The molecule has 198 valence electrons. The Hall–Kier alpha value is -5.04. The molecule has 2 aliphatic rings. The number of nitrogens with zero attached hydrogens (tertiary/aromatic N) is 2. The Bertz CT molecular complexity index is 1740. The van der Waals surface area contributed by atoms with E-state index >= 15 is 0 Å². The molecule has 0 unspecified atom stereocenters. The minimum absolute atomic E-state index is 0.235. The first-order valence-corrected chi connectivity index (χ1v) is 12.9. The summed E-state index contributed by atoms with van der Waals surface area (Å²) < 4.78 is 5.91. The largest absolute Gasteiger partial charge is 0.457 e. The van der Waals surface area contributed by atoms with Crippen LogP contribution in [0.2, 0.25) is 0 Å². The predicted molar refractivity (Wildman–Crippen MR) is 150 cm³/mol. The fourth-order valence-corrected chi connectivity index (χ4v) is 5.22. The van der Waals surface area contributed by atoms with E-state index in [0.717, 1.165) is 10.5 Å². The van der Waals surface area contributed by atoms with E-state index in [9.17, 15) is 19.2 Å². The van der Waals surface area contributed by atoms with Crippen molar-refractivity contribution in [3.63, 3.8) is 0 Å². The first-order chi connectivity index (χ1) is 19.1. The number of imide groups is 2. The van der Waals surface area contributed by atoms with Gasteiger partial charge in [0, 0.05) is 12.5 Å². The number of ether oxygens (including phenoxy) is 1. The molecule has 2 heterocycles. The smallest absolute Gasteiger partial charge is 0.266 e. The van der Waals surface area contributed by atoms with Crippen LogP contribution in [0, 0.1) is 6.92 Å². The lowest BCUT2D eigenvalue weighted by atomic mass is 9.78. The SMILES string of the molecule is Cc1ccc(C(C)(C)c2ccc(N3C(=O)c4ccc(Oc5ccc6c(c5)C(=O)N(C)C6=O)cc4C3=O)cc2)cc1. The second-order valence-corrected chi connectivity index (χ2v) is 10.7. The van der Waals surface area contributed by atoms with Crippen molar-refractivity contribution < 1.29 is 23.9 Å². The lowest BCUT2D eigenvalue weighted by molar-refractivity contribution is 0.0692. The molecule has 4 aromatic rings. The summed E-state index contributed by atoms with van der Waals surface area (Å²) >= 11 is 0. The summed E-state index contributed by atoms with van der Waals surface area (Å²) in [6.45, 7) is 6.34. The lowest BCUT2D eigenvalue weighted by Gasteiger charge is -2.27. The van der Waals surface area contributed by atoms with Crippen LogP contribution < -0.4 is 9.64 Å². The second-order valence-electron chi connectivity index (χ2n) is 10.7. The number of anilines is 1. The van der Waals surface area contributed by atoms with Gasteiger partial charge in [0.05, 0.1) is 27.9 Å². The zero-order chi connectivity index (χ0) is 28.3. The first-order valence-electron chi connectivity index (χ1n) is 12.9. The predicted octanol–water partition coefficient (Wildman–Crippen LogP) is 6.14. The van der Waals surface area contributed by atoms with Crippen LogP contribution in [0.4, 0.5) is 5.69 Å². The molecule has 7 nitrogen and oxygen atoms in total. The van der Waals surface area contributed by atoms with Gasteiger partial charge in [-0.2, -0.15) is 0 Å². The third-order valence-electron chi connectivity index (χ3n) is 7.78. The van der Waals surface area contributed by atoms with Crippen LogP contribution in [0.25, 0.3) is 0 Å². The summed E-state index contributed by atoms with van der Waals surface area (Å²) in [5, 5.41) is 0. The van der Waals surface area contributed by atoms with E-state index in [1.165, 1.54) is 35.2 Å². The van der Waals surface area contributed by atoms with Gasteiger partial charge in [0.15, 0.2) is 0 Å². The van der Waals surface area contributed by atoms with Gasteiger partial charge in [0.1, 0.15) is 11.5 Å². The maximum atomic E-state index is 13.4. The van der Waals surface area contributed by atoms with Crippen LogP contribution in [0.5, 0.6) is 11.5 Å². The van der Waals surface area contributed by atoms with Crippen molar-refractivity contribution in [3.05, 3.63) is 124 Å². The Morgan fingerprint density at radius 3 is 1.60 bits per heavy atom. The van der Waals surface area contributed by atoms with Gasteiger partial charge in [-0.3, -0.25) is 24.1 Å². The molecule has 4 amide bonds. The summed E-state index contributed by atoms with van der Waals surface area (Å²) in [5.41, 5.74) is 4.76. The first kappa shape index (κ1) is 25.2. The number of aryl methyl sites for hydroxylation is 1. The van der Waals surface area contributed by atoms with Crippen molar-refractivity contribution in [1.82, 2.24) is 4.90 Å². The van der Waals surface area contributed by atoms with Gasteiger partial charge in [-0.1, -0.05) is 55.8 Å². The summed E-state index contributed by atoms with van der Waals surface area (Å²) in [6, 6.07) is 25.2. The van der Waals surface area contributed by atoms with Crippen molar-refractivity contribution in [2.24, 2.45) is 0 Å². The van der Waals surface area contributed by atoms with E-state index in [2.05, 4.69) is 45.0 Å². The van der Waals surface area contributed by atoms with Crippen LogP contribution in [-0.2, 0) is 5.41 Å². The van der Waals surface area contributed by atoms with Gasteiger partial charge in [-0.05, 0) is 66.6 Å². The summed E-state index contributed by atoms with van der Waals surface area (Å²) in [7, 11) is 1.43. The average molecular weight is 531 g/mol. The number of benzene rings is 4. The summed E-state index contributed by atoms with van der Waals surface area (Å²) in [6.07, 6.45) is 0. The van der Waals surface area contributed by atoms with Gasteiger partial charge >= 0.3 is 0 Å². The normalized spacial score (nSPS) is 14.6. The molecule has 0 fully saturated rings. The minimum atomic E-state index is -0.438. The van der Waals surface area contributed by atoms with Gasteiger partial charge in [-0.25, -0.2) is 4.90 Å². The average Bonchev–Trinajstić information content (AvgIpc) is 3.32. The van der Waals surface area contributed by atoms with Crippen LogP contribution >= 0.6 is 0 Å². The third-order valence-corrected chi connectivity index (χ3v) is 7.78. The highest BCUT2D eigenvalue weighted by Crippen LogP contribution is 2.36. The van der Waals surface area contributed by atoms with Crippen LogP contribution in [0.3, 0.4) is 0 Å². The Balaban J connectivity index is 1.24. The molecule has 40 heavy (non-hydrogen) atoms. The van der Waals surface area contributed by atoms with Crippen molar-refractivity contribution >= 4 is 29.3 Å². The van der Waals surface area contributed by atoms with Crippen molar-refractivity contribution in [2.75, 3.05) is 11.9 Å². The van der Waals surface area contributed by atoms with Gasteiger partial charge < -0.3 is 4.74 Å². The highest BCUT2D eigenvalue weighted by Gasteiger charge is 2.37. The van der Waals surface area contributed by atoms with Crippen molar-refractivity contribution in [2.45, 2.75) is 26.2 Å². The summed E-state index contributed by atoms with van der Waals surface area (Å²) in [4.78, 5) is 53.3.